The van der Waals surface area contributed by atoms with Crippen molar-refractivity contribution in [3.8, 4) is 0 Å². The number of carbonyl (C=O) groups is 1. The minimum Gasteiger partial charge on any atom is -0.478 e. The summed E-state index contributed by atoms with van der Waals surface area (Å²) in [4.78, 5) is 11.2. The molecule has 6 nitrogen and oxygen atoms in total. The quantitative estimate of drug-likeness (QED) is 0.591. The molecule has 0 aromatic rings. The first kappa shape index (κ1) is 15.6. The third-order valence-corrected chi connectivity index (χ3v) is 6.10. The van der Waals surface area contributed by atoms with Crippen LogP contribution in [-0.2, 0) is 19.0 Å². The number of aliphatic hydroxyl groups is 1. The number of aliphatic hydroxyl groups excluding tert-OH is 1. The van der Waals surface area contributed by atoms with Crippen molar-refractivity contribution in [1.29, 1.82) is 0 Å². The molecule has 128 valence electrons. The molecule has 4 atom stereocenters. The van der Waals surface area contributed by atoms with Gasteiger partial charge in [-0.05, 0) is 25.7 Å². The van der Waals surface area contributed by atoms with Crippen LogP contribution in [0.3, 0.4) is 0 Å². The normalized spacial score (nSPS) is 48.9. The lowest BCUT2D eigenvalue weighted by molar-refractivity contribution is -0.319. The van der Waals surface area contributed by atoms with Crippen LogP contribution in [0.1, 0.15) is 38.5 Å². The summed E-state index contributed by atoms with van der Waals surface area (Å²) in [6.07, 6.45) is 4.57. The zero-order valence-corrected chi connectivity index (χ0v) is 13.2. The van der Waals surface area contributed by atoms with Gasteiger partial charge in [-0.3, -0.25) is 0 Å². The molecule has 6 heteroatoms. The molecule has 4 unspecified atom stereocenters. The van der Waals surface area contributed by atoms with E-state index in [1.54, 1.807) is 0 Å². The Hall–Kier alpha value is -0.950. The van der Waals surface area contributed by atoms with Gasteiger partial charge in [0.15, 0.2) is 5.79 Å². The first-order valence-electron chi connectivity index (χ1n) is 8.46. The third kappa shape index (κ3) is 2.71. The number of ether oxygens (including phenoxy) is 3. The molecule has 2 heterocycles. The third-order valence-electron chi connectivity index (χ3n) is 6.10. The summed E-state index contributed by atoms with van der Waals surface area (Å²) < 4.78 is 17.9. The Labute approximate surface area is 135 Å². The van der Waals surface area contributed by atoms with Crippen LogP contribution in [0.4, 0.5) is 0 Å². The van der Waals surface area contributed by atoms with Gasteiger partial charge in [0.25, 0.3) is 0 Å². The molecule has 0 amide bonds. The Balaban J connectivity index is 1.43. The maximum atomic E-state index is 11.2. The van der Waals surface area contributed by atoms with E-state index in [-0.39, 0.29) is 17.1 Å². The largest absolute Gasteiger partial charge is 0.478 e. The molecule has 2 N–H and O–H groups in total. The predicted molar refractivity (Wildman–Crippen MR) is 79.7 cm³/mol. The van der Waals surface area contributed by atoms with Crippen LogP contribution in [0.5, 0.6) is 0 Å². The second-order valence-corrected chi connectivity index (χ2v) is 7.69. The van der Waals surface area contributed by atoms with Gasteiger partial charge in [-0.1, -0.05) is 6.58 Å². The maximum Gasteiger partial charge on any atom is 0.331 e. The first-order chi connectivity index (χ1) is 10.9. The Morgan fingerprint density at radius 2 is 1.83 bits per heavy atom. The molecule has 0 radical (unpaired) electrons. The number of epoxide rings is 1. The topological polar surface area (TPSA) is 88.5 Å². The van der Waals surface area contributed by atoms with E-state index in [0.29, 0.717) is 32.2 Å². The van der Waals surface area contributed by atoms with Gasteiger partial charge in [0.05, 0.1) is 31.5 Å². The van der Waals surface area contributed by atoms with Crippen LogP contribution < -0.4 is 0 Å². The van der Waals surface area contributed by atoms with Gasteiger partial charge < -0.3 is 24.4 Å². The van der Waals surface area contributed by atoms with Gasteiger partial charge in [-0.2, -0.15) is 0 Å². The van der Waals surface area contributed by atoms with Gasteiger partial charge in [0, 0.05) is 29.7 Å². The van der Waals surface area contributed by atoms with Gasteiger partial charge in [-0.25, -0.2) is 4.79 Å². The second kappa shape index (κ2) is 5.28. The van der Waals surface area contributed by atoms with E-state index >= 15 is 0 Å². The SMILES string of the molecule is C=C(C(=O)O)C1CC2(CCC1O)COC1(CCC3OC3C1)OC2. The van der Waals surface area contributed by atoms with Crippen molar-refractivity contribution in [2.45, 2.75) is 62.6 Å². The monoisotopic (exact) mass is 324 g/mol. The van der Waals surface area contributed by atoms with Crippen molar-refractivity contribution >= 4 is 5.97 Å². The minimum atomic E-state index is -1.04. The molecule has 0 aromatic carbocycles. The molecule has 2 aliphatic heterocycles. The molecular weight excluding hydrogens is 300 g/mol. The molecule has 4 rings (SSSR count). The van der Waals surface area contributed by atoms with Gasteiger partial charge in [-0.15, -0.1) is 0 Å². The number of aliphatic carboxylic acids is 1. The van der Waals surface area contributed by atoms with Crippen LogP contribution in [0.25, 0.3) is 0 Å². The zero-order valence-electron chi connectivity index (χ0n) is 13.2. The van der Waals surface area contributed by atoms with Crippen molar-refractivity contribution in [3.05, 3.63) is 12.2 Å². The van der Waals surface area contributed by atoms with E-state index in [1.807, 2.05) is 0 Å². The van der Waals surface area contributed by atoms with Crippen LogP contribution >= 0.6 is 0 Å². The minimum absolute atomic E-state index is 0.0868. The molecule has 0 bridgehead atoms. The summed E-state index contributed by atoms with van der Waals surface area (Å²) in [5.74, 6) is -1.98. The van der Waals surface area contributed by atoms with Crippen molar-refractivity contribution < 1.29 is 29.2 Å². The van der Waals surface area contributed by atoms with E-state index in [9.17, 15) is 15.0 Å². The highest BCUT2D eigenvalue weighted by atomic mass is 16.7. The molecule has 4 fully saturated rings. The number of hydrogen-bond acceptors (Lipinski definition) is 5. The average molecular weight is 324 g/mol. The Morgan fingerprint density at radius 1 is 1.09 bits per heavy atom. The number of hydrogen-bond donors (Lipinski definition) is 2. The van der Waals surface area contributed by atoms with E-state index in [2.05, 4.69) is 6.58 Å². The Bertz CT molecular complexity index is 521. The maximum absolute atomic E-state index is 11.2. The fraction of sp³-hybridized carbons (Fsp3) is 0.824. The summed E-state index contributed by atoms with van der Waals surface area (Å²) in [6, 6.07) is 0. The molecule has 23 heavy (non-hydrogen) atoms. The van der Waals surface area contributed by atoms with E-state index in [0.717, 1.165) is 25.7 Å². The number of carboxylic acids is 1. The summed E-state index contributed by atoms with van der Waals surface area (Å²) in [5.41, 5.74) is -0.127. The molecule has 2 saturated heterocycles. The molecular formula is C17H24O6. The number of rotatable bonds is 2. The standard InChI is InChI=1S/C17H24O6/c1-10(15(19)20)11-6-16(4-2-12(11)18)8-21-17(22-9-16)5-3-13-14(7-17)23-13/h11-14,18H,1-9H2,(H,19,20). The van der Waals surface area contributed by atoms with Crippen LogP contribution in [0, 0.1) is 11.3 Å². The lowest BCUT2D eigenvalue weighted by atomic mass is 9.66. The van der Waals surface area contributed by atoms with Gasteiger partial charge >= 0.3 is 5.97 Å². The van der Waals surface area contributed by atoms with Crippen molar-refractivity contribution in [3.63, 3.8) is 0 Å². The molecule has 2 saturated carbocycles. The molecule has 0 aromatic heterocycles. The van der Waals surface area contributed by atoms with Crippen molar-refractivity contribution in [2.75, 3.05) is 13.2 Å². The van der Waals surface area contributed by atoms with Crippen molar-refractivity contribution in [1.82, 2.24) is 0 Å². The molecule has 2 aliphatic carbocycles. The van der Waals surface area contributed by atoms with Crippen LogP contribution in [-0.4, -0.2) is 53.5 Å². The second-order valence-electron chi connectivity index (χ2n) is 7.69. The van der Waals surface area contributed by atoms with Crippen molar-refractivity contribution in [2.24, 2.45) is 11.3 Å². The van der Waals surface area contributed by atoms with E-state index < -0.39 is 23.8 Å². The zero-order chi connectivity index (χ0) is 16.2. The van der Waals surface area contributed by atoms with Gasteiger partial charge in [0.1, 0.15) is 0 Å². The lowest BCUT2D eigenvalue weighted by Crippen LogP contribution is -2.54. The summed E-state index contributed by atoms with van der Waals surface area (Å²) in [5, 5.41) is 19.3. The highest BCUT2D eigenvalue weighted by Crippen LogP contribution is 2.51. The Kier molecular flexibility index (Phi) is 3.57. The Morgan fingerprint density at radius 3 is 2.48 bits per heavy atom. The first-order valence-corrected chi connectivity index (χ1v) is 8.46. The summed E-state index contributed by atoms with van der Waals surface area (Å²) >= 11 is 0. The van der Waals surface area contributed by atoms with E-state index in [1.165, 1.54) is 0 Å². The molecule has 4 aliphatic rings. The lowest BCUT2D eigenvalue weighted by Gasteiger charge is -2.51. The van der Waals surface area contributed by atoms with Gasteiger partial charge in [0.2, 0.25) is 0 Å². The van der Waals surface area contributed by atoms with E-state index in [4.69, 9.17) is 14.2 Å². The predicted octanol–water partition coefficient (Wildman–Crippen LogP) is 1.47. The summed E-state index contributed by atoms with van der Waals surface area (Å²) in [6.45, 7) is 4.76. The fourth-order valence-electron chi connectivity index (χ4n) is 4.43. The number of carboxylic acid groups (broad SMARTS) is 1. The fourth-order valence-corrected chi connectivity index (χ4v) is 4.43. The summed E-state index contributed by atoms with van der Waals surface area (Å²) in [7, 11) is 0. The number of fused-ring (bicyclic) bond motifs is 1. The average Bonchev–Trinajstić information content (AvgIpc) is 3.30. The molecule has 2 spiro atoms. The smallest absolute Gasteiger partial charge is 0.331 e. The van der Waals surface area contributed by atoms with Crippen LogP contribution in [0.15, 0.2) is 12.2 Å². The highest BCUT2D eigenvalue weighted by molar-refractivity contribution is 5.86. The van der Waals surface area contributed by atoms with Crippen LogP contribution in [0.2, 0.25) is 0 Å². The highest BCUT2D eigenvalue weighted by Gasteiger charge is 2.56.